The van der Waals surface area contributed by atoms with Gasteiger partial charge in [-0.1, -0.05) is 81.9 Å². The van der Waals surface area contributed by atoms with Gasteiger partial charge in [0.2, 0.25) is 0 Å². The maximum absolute atomic E-state index is 14.5. The molecule has 0 fully saturated rings. The van der Waals surface area contributed by atoms with Crippen LogP contribution >= 0.6 is 49.9 Å². The summed E-state index contributed by atoms with van der Waals surface area (Å²) in [4.78, 5) is 45.8. The summed E-state index contributed by atoms with van der Waals surface area (Å²) < 4.78 is 26.4. The summed E-state index contributed by atoms with van der Waals surface area (Å²) >= 11 is 7.05. The summed E-state index contributed by atoms with van der Waals surface area (Å²) in [5.41, 5.74) is 3.83. The molecule has 52 heavy (non-hydrogen) atoms. The van der Waals surface area contributed by atoms with E-state index in [1.165, 1.54) is 11.3 Å². The van der Waals surface area contributed by atoms with Gasteiger partial charge in [-0.3, -0.25) is 9.36 Å². The van der Waals surface area contributed by atoms with Crippen LogP contribution in [-0.2, 0) is 20.9 Å². The zero-order valence-electron chi connectivity index (χ0n) is 28.6. The highest BCUT2D eigenvalue weighted by molar-refractivity contribution is 14.1. The van der Waals surface area contributed by atoms with Gasteiger partial charge < -0.3 is 18.9 Å². The average Bonchev–Trinajstić information content (AvgIpc) is 3.45. The van der Waals surface area contributed by atoms with E-state index < -0.39 is 12.0 Å². The van der Waals surface area contributed by atoms with Crippen molar-refractivity contribution in [3.63, 3.8) is 0 Å². The van der Waals surface area contributed by atoms with Crippen molar-refractivity contribution < 1.29 is 28.5 Å². The molecule has 4 aromatic carbocycles. The van der Waals surface area contributed by atoms with Crippen LogP contribution in [0.15, 0.2) is 111 Å². The minimum Gasteiger partial charge on any atom is -0.494 e. The van der Waals surface area contributed by atoms with Gasteiger partial charge in [-0.15, -0.1) is 0 Å². The molecule has 0 saturated heterocycles. The van der Waals surface area contributed by atoms with Crippen molar-refractivity contribution in [3.8, 4) is 11.5 Å². The summed E-state index contributed by atoms with van der Waals surface area (Å²) in [7, 11) is 0. The van der Waals surface area contributed by atoms with Crippen LogP contribution in [0.3, 0.4) is 0 Å². The lowest BCUT2D eigenvalue weighted by Gasteiger charge is -2.26. The normalized spacial score (nSPS) is 14.0. The molecular weight excluding hydrogens is 859 g/mol. The lowest BCUT2D eigenvalue weighted by Crippen LogP contribution is -2.40. The van der Waals surface area contributed by atoms with Gasteiger partial charge >= 0.3 is 11.9 Å². The number of ether oxygens (including phenoxy) is 4. The van der Waals surface area contributed by atoms with E-state index in [0.717, 1.165) is 19.2 Å². The molecule has 6 rings (SSSR count). The van der Waals surface area contributed by atoms with Gasteiger partial charge in [0.1, 0.15) is 18.1 Å². The molecule has 0 bridgehead atoms. The van der Waals surface area contributed by atoms with Crippen molar-refractivity contribution in [1.29, 1.82) is 0 Å². The minimum atomic E-state index is -0.820. The van der Waals surface area contributed by atoms with Gasteiger partial charge in [-0.2, -0.15) is 0 Å². The summed E-state index contributed by atoms with van der Waals surface area (Å²) in [6, 6.07) is 26.9. The standard InChI is InChI=1S/C40H34BrIN2O7S/c1-4-48-30-18-16-26(17-19-30)35-33(39(47)50-6-3)34(25-10-8-7-9-11-25)43-40-44(35)37(45)32(52-40)21-28-20-29(41)22-31(42)36(28)51-23-24-12-14-27(15-13-24)38(46)49-5-2/h7-22,35H,4-6,23H2,1-3H3/b32-21-/t35-/m1/s1. The van der Waals surface area contributed by atoms with Crippen molar-refractivity contribution in [3.05, 3.63) is 152 Å². The van der Waals surface area contributed by atoms with E-state index in [2.05, 4.69) is 38.5 Å². The van der Waals surface area contributed by atoms with E-state index in [-0.39, 0.29) is 30.3 Å². The van der Waals surface area contributed by atoms with Crippen molar-refractivity contribution in [1.82, 2.24) is 4.57 Å². The number of carbonyl (C=O) groups excluding carboxylic acids is 2. The molecule has 0 spiro atoms. The number of hydrogen-bond donors (Lipinski definition) is 0. The van der Waals surface area contributed by atoms with E-state index >= 15 is 0 Å². The zero-order chi connectivity index (χ0) is 36.8. The number of halogens is 2. The summed E-state index contributed by atoms with van der Waals surface area (Å²) in [5.74, 6) is 0.335. The Labute approximate surface area is 326 Å². The Morgan fingerprint density at radius 3 is 2.25 bits per heavy atom. The van der Waals surface area contributed by atoms with Gasteiger partial charge in [0, 0.05) is 15.6 Å². The molecule has 1 aliphatic heterocycles. The highest BCUT2D eigenvalue weighted by Crippen LogP contribution is 2.36. The van der Waals surface area contributed by atoms with E-state index in [0.29, 0.717) is 56.4 Å². The van der Waals surface area contributed by atoms with Crippen LogP contribution in [0.25, 0.3) is 11.8 Å². The highest BCUT2D eigenvalue weighted by Gasteiger charge is 2.35. The Kier molecular flexibility index (Phi) is 12.1. The molecule has 12 heteroatoms. The smallest absolute Gasteiger partial charge is 0.338 e. The first-order chi connectivity index (χ1) is 25.2. The monoisotopic (exact) mass is 892 g/mol. The van der Waals surface area contributed by atoms with Gasteiger partial charge in [0.15, 0.2) is 4.80 Å². The largest absolute Gasteiger partial charge is 0.494 e. The summed E-state index contributed by atoms with van der Waals surface area (Å²) in [6.45, 7) is 6.61. The van der Waals surface area contributed by atoms with E-state index in [1.54, 1.807) is 36.6 Å². The number of rotatable bonds is 12. The third kappa shape index (κ3) is 8.08. The SMILES string of the molecule is CCOC(=O)C1=C(c2ccccc2)N=c2s/c(=C\c3cc(Br)cc(I)c3OCc3ccc(C(=O)OCC)cc3)c(=O)n2[C@@H]1c1ccc(OCC)cc1. The third-order valence-corrected chi connectivity index (χ3v) is 10.3. The molecule has 2 heterocycles. The molecule has 0 aliphatic carbocycles. The number of nitrogens with zero attached hydrogens (tertiary/aromatic N) is 2. The number of benzene rings is 4. The first-order valence-electron chi connectivity index (χ1n) is 16.6. The lowest BCUT2D eigenvalue weighted by molar-refractivity contribution is -0.138. The fourth-order valence-corrected chi connectivity index (χ4v) is 8.45. The van der Waals surface area contributed by atoms with Crippen LogP contribution in [0.2, 0.25) is 0 Å². The third-order valence-electron chi connectivity index (χ3n) is 8.05. The van der Waals surface area contributed by atoms with Crippen LogP contribution in [0.4, 0.5) is 0 Å². The number of hydrogen-bond acceptors (Lipinski definition) is 9. The molecule has 0 saturated carbocycles. The fraction of sp³-hybridized carbons (Fsp3) is 0.200. The maximum atomic E-state index is 14.5. The second-order valence-corrected chi connectivity index (χ2v) is 14.5. The van der Waals surface area contributed by atoms with Crippen LogP contribution in [-0.4, -0.2) is 36.3 Å². The van der Waals surface area contributed by atoms with Gasteiger partial charge in [-0.05, 0) is 97.0 Å². The minimum absolute atomic E-state index is 0.157. The second-order valence-electron chi connectivity index (χ2n) is 11.4. The predicted octanol–water partition coefficient (Wildman–Crippen LogP) is 7.46. The van der Waals surface area contributed by atoms with Crippen molar-refractivity contribution in [2.75, 3.05) is 19.8 Å². The molecule has 0 N–H and O–H groups in total. The van der Waals surface area contributed by atoms with Crippen LogP contribution < -0.4 is 24.4 Å². The summed E-state index contributed by atoms with van der Waals surface area (Å²) in [5, 5.41) is 0. The van der Waals surface area contributed by atoms with E-state index in [1.807, 2.05) is 85.8 Å². The predicted molar refractivity (Wildman–Crippen MR) is 212 cm³/mol. The Morgan fingerprint density at radius 1 is 0.885 bits per heavy atom. The Morgan fingerprint density at radius 2 is 1.58 bits per heavy atom. The Bertz CT molecular complexity index is 2320. The number of carbonyl (C=O) groups is 2. The highest BCUT2D eigenvalue weighted by atomic mass is 127. The lowest BCUT2D eigenvalue weighted by atomic mass is 9.93. The molecule has 5 aromatic rings. The molecular formula is C40H34BrIN2O7S. The van der Waals surface area contributed by atoms with Gasteiger partial charge in [0.05, 0.1) is 50.8 Å². The van der Waals surface area contributed by atoms with E-state index in [9.17, 15) is 14.4 Å². The van der Waals surface area contributed by atoms with Crippen molar-refractivity contribution in [2.24, 2.45) is 4.99 Å². The first kappa shape index (κ1) is 37.2. The molecule has 266 valence electrons. The van der Waals surface area contributed by atoms with Gasteiger partial charge in [0.25, 0.3) is 5.56 Å². The van der Waals surface area contributed by atoms with Crippen LogP contribution in [0, 0.1) is 3.57 Å². The number of aromatic nitrogens is 1. The second kappa shape index (κ2) is 16.9. The number of fused-ring (bicyclic) bond motifs is 1. The van der Waals surface area contributed by atoms with Crippen LogP contribution in [0.5, 0.6) is 11.5 Å². The Hall–Kier alpha value is -4.53. The molecule has 0 radical (unpaired) electrons. The fourth-order valence-electron chi connectivity index (χ4n) is 5.76. The number of esters is 2. The molecule has 1 aromatic heterocycles. The van der Waals surface area contributed by atoms with E-state index in [4.69, 9.17) is 23.9 Å². The molecule has 0 unspecified atom stereocenters. The quantitative estimate of drug-likeness (QED) is 0.0947. The van der Waals surface area contributed by atoms with Crippen molar-refractivity contribution >= 4 is 73.6 Å². The first-order valence-corrected chi connectivity index (χ1v) is 19.3. The molecule has 1 aliphatic rings. The molecule has 1 atom stereocenters. The molecule has 9 nitrogen and oxygen atoms in total. The topological polar surface area (TPSA) is 105 Å². The maximum Gasteiger partial charge on any atom is 0.338 e. The number of thiazole rings is 1. The van der Waals surface area contributed by atoms with Crippen molar-refractivity contribution in [2.45, 2.75) is 33.4 Å². The average molecular weight is 894 g/mol. The zero-order valence-corrected chi connectivity index (χ0v) is 33.1. The van der Waals surface area contributed by atoms with Crippen LogP contribution in [0.1, 0.15) is 59.4 Å². The molecule has 0 amide bonds. The van der Waals surface area contributed by atoms with Gasteiger partial charge in [-0.25, -0.2) is 14.6 Å². The Balaban J connectivity index is 1.48. The summed E-state index contributed by atoms with van der Waals surface area (Å²) in [6.07, 6.45) is 1.79.